The van der Waals surface area contributed by atoms with Gasteiger partial charge >= 0.3 is 0 Å². The summed E-state index contributed by atoms with van der Waals surface area (Å²) in [5, 5.41) is 7.83. The van der Waals surface area contributed by atoms with Crippen LogP contribution < -0.4 is 10.6 Å². The van der Waals surface area contributed by atoms with Crippen LogP contribution in [0.2, 0.25) is 0 Å². The standard InChI is InChI=1S/C24H24N4O2S/c1-2-28-21-13-4-3-12-20(21)26-24(28)27-23(30)17-8-5-9-18(16-17)25-22(29)14-6-10-19-11-7-15-31-19/h3-5,7-9,11-13,15-16H,2,6,10,14H2,1H3,(H,25,29)(H,26,27,30). The van der Waals surface area contributed by atoms with Crippen molar-refractivity contribution >= 4 is 45.8 Å². The van der Waals surface area contributed by atoms with Crippen LogP contribution in [0.1, 0.15) is 35.0 Å². The van der Waals surface area contributed by atoms with Crippen LogP contribution >= 0.6 is 11.3 Å². The molecule has 7 heteroatoms. The van der Waals surface area contributed by atoms with Crippen LogP contribution in [0, 0.1) is 0 Å². The minimum Gasteiger partial charge on any atom is -0.326 e. The van der Waals surface area contributed by atoms with Gasteiger partial charge in [-0.05, 0) is 61.5 Å². The van der Waals surface area contributed by atoms with E-state index in [2.05, 4.69) is 21.7 Å². The number of rotatable bonds is 8. The van der Waals surface area contributed by atoms with E-state index < -0.39 is 0 Å². The maximum atomic E-state index is 12.8. The molecule has 4 aromatic rings. The van der Waals surface area contributed by atoms with Gasteiger partial charge in [-0.25, -0.2) is 4.98 Å². The summed E-state index contributed by atoms with van der Waals surface area (Å²) >= 11 is 1.71. The minimum absolute atomic E-state index is 0.0538. The molecule has 4 rings (SSSR count). The fourth-order valence-electron chi connectivity index (χ4n) is 3.50. The molecule has 0 radical (unpaired) electrons. The van der Waals surface area contributed by atoms with E-state index >= 15 is 0 Å². The van der Waals surface area contributed by atoms with E-state index in [9.17, 15) is 9.59 Å². The molecule has 2 N–H and O–H groups in total. The number of amides is 2. The number of carbonyl (C=O) groups excluding carboxylic acids is 2. The number of carbonyl (C=O) groups is 2. The lowest BCUT2D eigenvalue weighted by Crippen LogP contribution is -2.17. The Hall–Kier alpha value is -3.45. The Bertz CT molecular complexity index is 1200. The second-order valence-electron chi connectivity index (χ2n) is 7.18. The fourth-order valence-corrected chi connectivity index (χ4v) is 4.26. The van der Waals surface area contributed by atoms with Crippen molar-refractivity contribution < 1.29 is 9.59 Å². The van der Waals surface area contributed by atoms with Crippen LogP contribution in [0.15, 0.2) is 66.0 Å². The lowest BCUT2D eigenvalue weighted by Gasteiger charge is -2.09. The third kappa shape index (κ3) is 5.00. The number of aryl methyl sites for hydroxylation is 2. The highest BCUT2D eigenvalue weighted by atomic mass is 32.1. The Balaban J connectivity index is 1.39. The number of thiophene rings is 1. The van der Waals surface area contributed by atoms with Crippen molar-refractivity contribution in [2.75, 3.05) is 10.6 Å². The van der Waals surface area contributed by atoms with E-state index in [0.29, 0.717) is 30.2 Å². The first-order valence-corrected chi connectivity index (χ1v) is 11.2. The van der Waals surface area contributed by atoms with E-state index in [0.717, 1.165) is 23.9 Å². The molecule has 0 spiro atoms. The van der Waals surface area contributed by atoms with Crippen LogP contribution in [-0.2, 0) is 17.8 Å². The van der Waals surface area contributed by atoms with Crippen molar-refractivity contribution in [1.82, 2.24) is 9.55 Å². The number of hydrogen-bond acceptors (Lipinski definition) is 4. The molecule has 0 aliphatic rings. The highest BCUT2D eigenvalue weighted by Gasteiger charge is 2.14. The van der Waals surface area contributed by atoms with Crippen LogP contribution in [-0.4, -0.2) is 21.4 Å². The van der Waals surface area contributed by atoms with Crippen molar-refractivity contribution in [2.45, 2.75) is 32.7 Å². The number of imidazole rings is 1. The Morgan fingerprint density at radius 2 is 1.90 bits per heavy atom. The number of para-hydroxylation sites is 2. The summed E-state index contributed by atoms with van der Waals surface area (Å²) in [6.45, 7) is 2.70. The number of aromatic nitrogens is 2. The number of benzene rings is 2. The third-order valence-corrected chi connectivity index (χ3v) is 5.95. The highest BCUT2D eigenvalue weighted by molar-refractivity contribution is 7.09. The Morgan fingerprint density at radius 1 is 1.03 bits per heavy atom. The lowest BCUT2D eigenvalue weighted by molar-refractivity contribution is -0.116. The second-order valence-corrected chi connectivity index (χ2v) is 8.22. The Kier molecular flexibility index (Phi) is 6.43. The average Bonchev–Trinajstić information content (AvgIpc) is 3.41. The molecule has 0 aliphatic carbocycles. The molecule has 0 bridgehead atoms. The lowest BCUT2D eigenvalue weighted by atomic mass is 10.1. The van der Waals surface area contributed by atoms with Crippen LogP contribution in [0.3, 0.4) is 0 Å². The topological polar surface area (TPSA) is 76.0 Å². The smallest absolute Gasteiger partial charge is 0.258 e. The van der Waals surface area contributed by atoms with Gasteiger partial charge in [0.2, 0.25) is 11.9 Å². The van der Waals surface area contributed by atoms with Gasteiger partial charge in [0.1, 0.15) is 0 Å². The highest BCUT2D eigenvalue weighted by Crippen LogP contribution is 2.20. The van der Waals surface area contributed by atoms with Crippen molar-refractivity contribution in [2.24, 2.45) is 0 Å². The zero-order valence-electron chi connectivity index (χ0n) is 17.3. The molecule has 2 heterocycles. The fraction of sp³-hybridized carbons (Fsp3) is 0.208. The predicted octanol–water partition coefficient (Wildman–Crippen LogP) is 5.33. The molecule has 0 fully saturated rings. The van der Waals surface area contributed by atoms with Gasteiger partial charge in [0.25, 0.3) is 5.91 Å². The van der Waals surface area contributed by atoms with E-state index in [4.69, 9.17) is 0 Å². The summed E-state index contributed by atoms with van der Waals surface area (Å²) in [7, 11) is 0. The van der Waals surface area contributed by atoms with Gasteiger partial charge in [0.05, 0.1) is 11.0 Å². The van der Waals surface area contributed by atoms with E-state index in [1.54, 1.807) is 35.6 Å². The molecule has 2 amide bonds. The Labute approximate surface area is 184 Å². The number of fused-ring (bicyclic) bond motifs is 1. The first-order valence-electron chi connectivity index (χ1n) is 10.3. The molecular weight excluding hydrogens is 408 g/mol. The monoisotopic (exact) mass is 432 g/mol. The molecule has 158 valence electrons. The average molecular weight is 433 g/mol. The van der Waals surface area contributed by atoms with E-state index in [1.807, 2.05) is 47.2 Å². The number of nitrogens with one attached hydrogen (secondary N) is 2. The molecule has 0 unspecified atom stereocenters. The van der Waals surface area contributed by atoms with Gasteiger partial charge in [-0.3, -0.25) is 14.9 Å². The molecular formula is C24H24N4O2S. The first-order chi connectivity index (χ1) is 15.1. The third-order valence-electron chi connectivity index (χ3n) is 5.01. The quantitative estimate of drug-likeness (QED) is 0.395. The number of hydrogen-bond donors (Lipinski definition) is 2. The summed E-state index contributed by atoms with van der Waals surface area (Å²) in [6.07, 6.45) is 2.13. The van der Waals surface area contributed by atoms with Crippen LogP contribution in [0.25, 0.3) is 11.0 Å². The van der Waals surface area contributed by atoms with Crippen molar-refractivity contribution in [3.05, 3.63) is 76.5 Å². The van der Waals surface area contributed by atoms with Gasteiger partial charge in [0.15, 0.2) is 0 Å². The van der Waals surface area contributed by atoms with Crippen molar-refractivity contribution in [3.63, 3.8) is 0 Å². The summed E-state index contributed by atoms with van der Waals surface area (Å²) in [4.78, 5) is 30.9. The SMILES string of the molecule is CCn1c(NC(=O)c2cccc(NC(=O)CCCc3cccs3)c2)nc2ccccc21. The molecule has 2 aromatic carbocycles. The van der Waals surface area contributed by atoms with Gasteiger partial charge in [0, 0.05) is 29.1 Å². The normalized spacial score (nSPS) is 10.9. The minimum atomic E-state index is -0.265. The summed E-state index contributed by atoms with van der Waals surface area (Å²) in [5.41, 5.74) is 2.89. The van der Waals surface area contributed by atoms with Crippen molar-refractivity contribution in [3.8, 4) is 0 Å². The molecule has 0 saturated heterocycles. The van der Waals surface area contributed by atoms with Gasteiger partial charge in [-0.1, -0.05) is 24.3 Å². The Morgan fingerprint density at radius 3 is 2.71 bits per heavy atom. The zero-order chi connectivity index (χ0) is 21.6. The maximum Gasteiger partial charge on any atom is 0.258 e. The summed E-state index contributed by atoms with van der Waals surface area (Å²) in [6, 6.07) is 18.8. The summed E-state index contributed by atoms with van der Waals surface area (Å²) < 4.78 is 1.96. The maximum absolute atomic E-state index is 12.8. The van der Waals surface area contributed by atoms with E-state index in [-0.39, 0.29) is 11.8 Å². The van der Waals surface area contributed by atoms with Gasteiger partial charge < -0.3 is 9.88 Å². The molecule has 0 atom stereocenters. The van der Waals surface area contributed by atoms with Gasteiger partial charge in [-0.2, -0.15) is 0 Å². The molecule has 6 nitrogen and oxygen atoms in total. The summed E-state index contributed by atoms with van der Waals surface area (Å²) in [5.74, 6) is 0.192. The number of nitrogens with zero attached hydrogens (tertiary/aromatic N) is 2. The van der Waals surface area contributed by atoms with Crippen LogP contribution in [0.5, 0.6) is 0 Å². The molecule has 0 aliphatic heterocycles. The van der Waals surface area contributed by atoms with Crippen LogP contribution in [0.4, 0.5) is 11.6 Å². The predicted molar refractivity (Wildman–Crippen MR) is 126 cm³/mol. The molecule has 31 heavy (non-hydrogen) atoms. The zero-order valence-corrected chi connectivity index (χ0v) is 18.1. The first kappa shape index (κ1) is 20.8. The number of anilines is 2. The second kappa shape index (κ2) is 9.57. The largest absolute Gasteiger partial charge is 0.326 e. The van der Waals surface area contributed by atoms with Crippen molar-refractivity contribution in [1.29, 1.82) is 0 Å². The van der Waals surface area contributed by atoms with E-state index in [1.165, 1.54) is 4.88 Å². The molecule has 0 saturated carbocycles. The van der Waals surface area contributed by atoms with Gasteiger partial charge in [-0.15, -0.1) is 11.3 Å². The molecule has 2 aromatic heterocycles.